The van der Waals surface area contributed by atoms with Crippen molar-refractivity contribution in [2.24, 2.45) is 0 Å². The highest BCUT2D eigenvalue weighted by molar-refractivity contribution is 7.80. The maximum absolute atomic E-state index is 10.3. The molecule has 0 saturated heterocycles. The zero-order valence-corrected chi connectivity index (χ0v) is 8.79. The van der Waals surface area contributed by atoms with Crippen molar-refractivity contribution < 1.29 is 17.3 Å². The largest absolute Gasteiger partial charge is 0.418 e. The maximum Gasteiger partial charge on any atom is 0.418 e. The number of nitrogens with zero attached hydrogens (tertiary/aromatic N) is 1. The first kappa shape index (κ1) is 11.3. The van der Waals surface area contributed by atoms with Crippen molar-refractivity contribution in [3.05, 3.63) is 29.3 Å². The van der Waals surface area contributed by atoms with E-state index in [0.717, 1.165) is 5.06 Å². The maximum atomic E-state index is 10.3. The molecule has 1 aromatic carbocycles. The van der Waals surface area contributed by atoms with Crippen molar-refractivity contribution in [1.82, 2.24) is 0 Å². The second kappa shape index (κ2) is 4.14. The smallest absolute Gasteiger partial charge is 0.262 e. The lowest BCUT2D eigenvalue weighted by molar-refractivity contribution is 0.258. The summed E-state index contributed by atoms with van der Waals surface area (Å²) in [5.74, 6) is 0. The molecule has 1 aromatic rings. The van der Waals surface area contributed by atoms with Crippen LogP contribution in [-0.2, 0) is 14.7 Å². The fourth-order valence-electron chi connectivity index (χ4n) is 0.835. The van der Waals surface area contributed by atoms with E-state index in [2.05, 4.69) is 4.28 Å². The van der Waals surface area contributed by atoms with Gasteiger partial charge in [-0.1, -0.05) is 11.6 Å². The van der Waals surface area contributed by atoms with Gasteiger partial charge in [-0.2, -0.15) is 8.42 Å². The topological polar surface area (TPSA) is 66.8 Å². The summed E-state index contributed by atoms with van der Waals surface area (Å²) >= 11 is 5.62. The van der Waals surface area contributed by atoms with Gasteiger partial charge in [0.2, 0.25) is 0 Å². The molecule has 0 aliphatic rings. The molecule has 0 aliphatic carbocycles. The Balaban J connectivity index is 2.80. The van der Waals surface area contributed by atoms with E-state index in [4.69, 9.17) is 16.2 Å². The first-order valence-electron chi connectivity index (χ1n) is 3.55. The van der Waals surface area contributed by atoms with Gasteiger partial charge in [-0.3, -0.25) is 4.55 Å². The summed E-state index contributed by atoms with van der Waals surface area (Å²) in [6.45, 7) is 0. The fourth-order valence-corrected chi connectivity index (χ4v) is 1.33. The molecule has 0 bridgehead atoms. The van der Waals surface area contributed by atoms with Gasteiger partial charge in [-0.05, 0) is 24.3 Å². The minimum atomic E-state index is -4.49. The Morgan fingerprint density at radius 2 is 1.86 bits per heavy atom. The highest BCUT2D eigenvalue weighted by Crippen LogP contribution is 2.17. The van der Waals surface area contributed by atoms with E-state index in [9.17, 15) is 8.42 Å². The second-order valence-corrected chi connectivity index (χ2v) is 3.92. The van der Waals surface area contributed by atoms with Crippen molar-refractivity contribution in [2.75, 3.05) is 12.1 Å². The van der Waals surface area contributed by atoms with Crippen molar-refractivity contribution in [1.29, 1.82) is 0 Å². The summed E-state index contributed by atoms with van der Waals surface area (Å²) in [5, 5.41) is 1.43. The number of hydrogen-bond acceptors (Lipinski definition) is 4. The lowest BCUT2D eigenvalue weighted by Crippen LogP contribution is -2.22. The Morgan fingerprint density at radius 1 is 1.36 bits per heavy atom. The quantitative estimate of drug-likeness (QED) is 0.638. The molecule has 0 fully saturated rings. The molecule has 14 heavy (non-hydrogen) atoms. The van der Waals surface area contributed by atoms with Crippen molar-refractivity contribution in [3.8, 4) is 0 Å². The molecule has 78 valence electrons. The van der Waals surface area contributed by atoms with Crippen LogP contribution in [0.2, 0.25) is 5.02 Å². The molecule has 0 aliphatic heterocycles. The molecule has 1 rings (SSSR count). The van der Waals surface area contributed by atoms with Gasteiger partial charge in [0.05, 0.1) is 5.69 Å². The van der Waals surface area contributed by atoms with E-state index in [1.807, 2.05) is 0 Å². The van der Waals surface area contributed by atoms with Gasteiger partial charge in [0.25, 0.3) is 0 Å². The first-order chi connectivity index (χ1) is 6.38. The lowest BCUT2D eigenvalue weighted by atomic mass is 10.3. The third kappa shape index (κ3) is 3.51. The summed E-state index contributed by atoms with van der Waals surface area (Å²) in [4.78, 5) is 0. The normalized spacial score (nSPS) is 11.4. The van der Waals surface area contributed by atoms with E-state index in [0.29, 0.717) is 10.7 Å². The SMILES string of the molecule is CN(OS(=O)(=O)O)c1ccc(Cl)cc1. The molecule has 0 saturated carbocycles. The Labute approximate surface area is 86.8 Å². The standard InChI is InChI=1S/C7H8ClNO4S/c1-9(13-14(10,11)12)7-4-2-6(8)3-5-7/h2-5H,1H3,(H,10,11,12). The van der Waals surface area contributed by atoms with Crippen LogP contribution in [0.1, 0.15) is 0 Å². The first-order valence-corrected chi connectivity index (χ1v) is 5.29. The van der Waals surface area contributed by atoms with Gasteiger partial charge in [-0.15, -0.1) is 4.28 Å². The Kier molecular flexibility index (Phi) is 3.33. The highest BCUT2D eigenvalue weighted by atomic mass is 35.5. The van der Waals surface area contributed by atoms with Gasteiger partial charge >= 0.3 is 10.4 Å². The number of hydrogen-bond donors (Lipinski definition) is 1. The summed E-state index contributed by atoms with van der Waals surface area (Å²) in [6, 6.07) is 6.24. The minimum Gasteiger partial charge on any atom is -0.262 e. The summed E-state index contributed by atoms with van der Waals surface area (Å²) < 4.78 is 33.3. The molecular formula is C7H8ClNO4S. The second-order valence-electron chi connectivity index (χ2n) is 2.48. The Bertz CT molecular complexity index is 402. The van der Waals surface area contributed by atoms with Crippen LogP contribution in [0.15, 0.2) is 24.3 Å². The lowest BCUT2D eigenvalue weighted by Gasteiger charge is -2.15. The fraction of sp³-hybridized carbons (Fsp3) is 0.143. The summed E-state index contributed by atoms with van der Waals surface area (Å²) in [7, 11) is -3.14. The van der Waals surface area contributed by atoms with E-state index in [-0.39, 0.29) is 0 Å². The average molecular weight is 238 g/mol. The highest BCUT2D eigenvalue weighted by Gasteiger charge is 2.10. The molecule has 0 atom stereocenters. The van der Waals surface area contributed by atoms with E-state index >= 15 is 0 Å². The average Bonchev–Trinajstić information content (AvgIpc) is 2.02. The van der Waals surface area contributed by atoms with Crippen LogP contribution in [-0.4, -0.2) is 20.0 Å². The molecule has 0 heterocycles. The number of halogens is 1. The molecule has 0 spiro atoms. The van der Waals surface area contributed by atoms with Gasteiger partial charge in [0.1, 0.15) is 0 Å². The molecule has 0 amide bonds. The summed E-state index contributed by atoms with van der Waals surface area (Å²) in [5.41, 5.74) is 0.451. The predicted molar refractivity (Wildman–Crippen MR) is 52.5 cm³/mol. The molecule has 0 radical (unpaired) electrons. The van der Waals surface area contributed by atoms with Crippen LogP contribution >= 0.6 is 11.6 Å². The molecule has 7 heteroatoms. The zero-order chi connectivity index (χ0) is 10.8. The van der Waals surface area contributed by atoms with Crippen LogP contribution in [0.3, 0.4) is 0 Å². The van der Waals surface area contributed by atoms with Crippen LogP contribution in [0.25, 0.3) is 0 Å². The van der Waals surface area contributed by atoms with E-state index in [1.165, 1.54) is 7.05 Å². The Hall–Kier alpha value is -0.820. The molecule has 0 unspecified atom stereocenters. The Morgan fingerprint density at radius 3 is 2.29 bits per heavy atom. The molecule has 5 nitrogen and oxygen atoms in total. The number of anilines is 1. The van der Waals surface area contributed by atoms with E-state index < -0.39 is 10.4 Å². The van der Waals surface area contributed by atoms with Crippen LogP contribution in [0, 0.1) is 0 Å². The number of hydroxylamine groups is 1. The zero-order valence-electron chi connectivity index (χ0n) is 7.21. The monoisotopic (exact) mass is 237 g/mol. The molecule has 1 N–H and O–H groups in total. The molecule has 0 aromatic heterocycles. The van der Waals surface area contributed by atoms with Gasteiger partial charge < -0.3 is 0 Å². The van der Waals surface area contributed by atoms with Crippen LogP contribution in [0.4, 0.5) is 5.69 Å². The van der Waals surface area contributed by atoms with E-state index in [1.54, 1.807) is 24.3 Å². The predicted octanol–water partition coefficient (Wildman–Crippen LogP) is 1.51. The number of rotatable bonds is 3. The third-order valence-electron chi connectivity index (χ3n) is 1.40. The third-order valence-corrected chi connectivity index (χ3v) is 2.06. The van der Waals surface area contributed by atoms with Crippen LogP contribution in [0.5, 0.6) is 0 Å². The number of benzene rings is 1. The minimum absolute atomic E-state index is 0.451. The van der Waals surface area contributed by atoms with Crippen molar-refractivity contribution in [3.63, 3.8) is 0 Å². The molecular weight excluding hydrogens is 230 g/mol. The van der Waals surface area contributed by atoms with Crippen LogP contribution < -0.4 is 5.06 Å². The summed E-state index contributed by atoms with van der Waals surface area (Å²) in [6.07, 6.45) is 0. The van der Waals surface area contributed by atoms with Crippen molar-refractivity contribution >= 4 is 27.7 Å². The van der Waals surface area contributed by atoms with Gasteiger partial charge in [-0.25, -0.2) is 5.06 Å². The van der Waals surface area contributed by atoms with Gasteiger partial charge in [0.15, 0.2) is 0 Å². The van der Waals surface area contributed by atoms with Gasteiger partial charge in [0, 0.05) is 12.1 Å². The van der Waals surface area contributed by atoms with Crippen molar-refractivity contribution in [2.45, 2.75) is 0 Å².